The highest BCUT2D eigenvalue weighted by molar-refractivity contribution is 6.02. The second-order valence-corrected chi connectivity index (χ2v) is 5.90. The third kappa shape index (κ3) is 4.28. The van der Waals surface area contributed by atoms with Crippen molar-refractivity contribution in [3.05, 3.63) is 54.0 Å². The number of nitrogens with one attached hydrogen (secondary N) is 1. The lowest BCUT2D eigenvalue weighted by Gasteiger charge is -2.32. The van der Waals surface area contributed by atoms with Gasteiger partial charge in [0.05, 0.1) is 23.6 Å². The predicted octanol–water partition coefficient (Wildman–Crippen LogP) is 2.76. The van der Waals surface area contributed by atoms with Crippen LogP contribution in [-0.4, -0.2) is 30.2 Å². The molecule has 25 heavy (non-hydrogen) atoms. The highest BCUT2D eigenvalue weighted by Crippen LogP contribution is 2.26. The second kappa shape index (κ2) is 7.69. The first kappa shape index (κ1) is 16.8. The first-order valence-corrected chi connectivity index (χ1v) is 8.15. The Labute approximate surface area is 146 Å². The largest absolute Gasteiger partial charge is 0.465 e. The molecule has 0 atom stereocenters. The van der Waals surface area contributed by atoms with Gasteiger partial charge >= 0.3 is 0 Å². The van der Waals surface area contributed by atoms with Crippen LogP contribution in [0.25, 0.3) is 6.08 Å². The molecule has 0 saturated carbocycles. The molecule has 6 heteroatoms. The fraction of sp³-hybridized carbons (Fsp3) is 0.263. The molecule has 2 aromatic rings. The van der Waals surface area contributed by atoms with Crippen LogP contribution in [0, 0.1) is 11.3 Å². The molecule has 3 rings (SSSR count). The molecule has 1 aliphatic rings. The van der Waals surface area contributed by atoms with Gasteiger partial charge in [-0.25, -0.2) is 0 Å². The van der Waals surface area contributed by atoms with Crippen molar-refractivity contribution in [2.24, 2.45) is 0 Å². The van der Waals surface area contributed by atoms with Gasteiger partial charge in [0.25, 0.3) is 0 Å². The number of hydrogen-bond acceptors (Lipinski definition) is 5. The molecule has 1 fully saturated rings. The van der Waals surface area contributed by atoms with Gasteiger partial charge in [-0.05, 0) is 49.2 Å². The minimum absolute atomic E-state index is 0.263. The van der Waals surface area contributed by atoms with Crippen molar-refractivity contribution in [3.8, 4) is 6.07 Å². The zero-order chi connectivity index (χ0) is 17.6. The van der Waals surface area contributed by atoms with E-state index in [2.05, 4.69) is 16.3 Å². The van der Waals surface area contributed by atoms with E-state index in [1.54, 1.807) is 30.3 Å². The standard InChI is InChI=1S/C19H19N3O3/c20-13-14-12-15(21-19(24)6-4-17-2-1-11-25-17)3-5-18(14)22-9-7-16(23)8-10-22/h1-6,11-12,16,23H,7-10H2,(H,21,24)/b6-4+. The molecule has 1 aliphatic heterocycles. The van der Waals surface area contributed by atoms with Crippen LogP contribution in [0.15, 0.2) is 47.1 Å². The van der Waals surface area contributed by atoms with Gasteiger partial charge in [0.2, 0.25) is 5.91 Å². The number of hydrogen-bond donors (Lipinski definition) is 2. The Hall–Kier alpha value is -3.04. The molecule has 1 saturated heterocycles. The van der Waals surface area contributed by atoms with Crippen LogP contribution < -0.4 is 10.2 Å². The van der Waals surface area contributed by atoms with Crippen LogP contribution in [0.3, 0.4) is 0 Å². The summed E-state index contributed by atoms with van der Waals surface area (Å²) >= 11 is 0. The lowest BCUT2D eigenvalue weighted by Crippen LogP contribution is -2.36. The van der Waals surface area contributed by atoms with Crippen LogP contribution in [0.4, 0.5) is 11.4 Å². The Kier molecular flexibility index (Phi) is 5.17. The predicted molar refractivity (Wildman–Crippen MR) is 95.0 cm³/mol. The zero-order valence-corrected chi connectivity index (χ0v) is 13.7. The summed E-state index contributed by atoms with van der Waals surface area (Å²) in [4.78, 5) is 14.1. The maximum Gasteiger partial charge on any atom is 0.248 e. The number of carbonyl (C=O) groups is 1. The topological polar surface area (TPSA) is 89.5 Å². The summed E-state index contributed by atoms with van der Waals surface area (Å²) in [6, 6.07) is 11.0. The lowest BCUT2D eigenvalue weighted by atomic mass is 10.0. The van der Waals surface area contributed by atoms with E-state index in [0.717, 1.165) is 5.69 Å². The van der Waals surface area contributed by atoms with Crippen molar-refractivity contribution in [1.82, 2.24) is 0 Å². The number of nitriles is 1. The van der Waals surface area contributed by atoms with E-state index in [0.29, 0.717) is 42.9 Å². The Bertz CT molecular complexity index is 798. The molecule has 0 bridgehead atoms. The third-order valence-electron chi connectivity index (χ3n) is 4.13. The van der Waals surface area contributed by atoms with Crippen LogP contribution in [0.1, 0.15) is 24.2 Å². The van der Waals surface area contributed by atoms with Gasteiger partial charge in [-0.1, -0.05) is 0 Å². The molecule has 2 N–H and O–H groups in total. The summed E-state index contributed by atoms with van der Waals surface area (Å²) in [5.74, 6) is 0.296. The summed E-state index contributed by atoms with van der Waals surface area (Å²) in [5.41, 5.74) is 1.90. The van der Waals surface area contributed by atoms with Crippen molar-refractivity contribution in [2.45, 2.75) is 18.9 Å². The van der Waals surface area contributed by atoms with E-state index in [1.165, 1.54) is 12.3 Å². The molecule has 0 spiro atoms. The van der Waals surface area contributed by atoms with E-state index in [1.807, 2.05) is 6.07 Å². The van der Waals surface area contributed by atoms with Gasteiger partial charge in [0.15, 0.2) is 0 Å². The third-order valence-corrected chi connectivity index (χ3v) is 4.13. The molecule has 128 valence electrons. The highest BCUT2D eigenvalue weighted by atomic mass is 16.3. The zero-order valence-electron chi connectivity index (χ0n) is 13.7. The van der Waals surface area contributed by atoms with Crippen LogP contribution >= 0.6 is 0 Å². The molecular weight excluding hydrogens is 318 g/mol. The van der Waals surface area contributed by atoms with Crippen molar-refractivity contribution in [3.63, 3.8) is 0 Å². The van der Waals surface area contributed by atoms with E-state index in [4.69, 9.17) is 4.42 Å². The minimum atomic E-state index is -0.297. The molecular formula is C19H19N3O3. The maximum absolute atomic E-state index is 12.0. The first-order valence-electron chi connectivity index (χ1n) is 8.15. The molecule has 1 aromatic heterocycles. The van der Waals surface area contributed by atoms with Gasteiger partial charge in [0, 0.05) is 24.9 Å². The smallest absolute Gasteiger partial charge is 0.248 e. The first-order chi connectivity index (χ1) is 12.2. The van der Waals surface area contributed by atoms with Gasteiger partial charge in [-0.3, -0.25) is 4.79 Å². The number of furan rings is 1. The Morgan fingerprint density at radius 1 is 1.36 bits per heavy atom. The Morgan fingerprint density at radius 3 is 2.84 bits per heavy atom. The summed E-state index contributed by atoms with van der Waals surface area (Å²) in [6.45, 7) is 1.43. The minimum Gasteiger partial charge on any atom is -0.465 e. The Balaban J connectivity index is 1.69. The quantitative estimate of drug-likeness (QED) is 0.837. The van der Waals surface area contributed by atoms with Gasteiger partial charge in [-0.2, -0.15) is 5.26 Å². The molecule has 0 radical (unpaired) electrons. The monoisotopic (exact) mass is 337 g/mol. The maximum atomic E-state index is 12.0. The van der Waals surface area contributed by atoms with Gasteiger partial charge in [0.1, 0.15) is 11.8 Å². The molecule has 6 nitrogen and oxygen atoms in total. The van der Waals surface area contributed by atoms with E-state index in [-0.39, 0.29) is 12.0 Å². The van der Waals surface area contributed by atoms with Crippen LogP contribution in [0.2, 0.25) is 0 Å². The number of amides is 1. The summed E-state index contributed by atoms with van der Waals surface area (Å²) in [7, 11) is 0. The number of piperidine rings is 1. The number of aliphatic hydroxyl groups excluding tert-OH is 1. The summed E-state index contributed by atoms with van der Waals surface area (Å²) < 4.78 is 5.13. The van der Waals surface area contributed by atoms with Gasteiger partial charge < -0.3 is 19.7 Å². The van der Waals surface area contributed by atoms with E-state index in [9.17, 15) is 15.2 Å². The van der Waals surface area contributed by atoms with Crippen LogP contribution in [-0.2, 0) is 4.79 Å². The Morgan fingerprint density at radius 2 is 2.16 bits per heavy atom. The van der Waals surface area contributed by atoms with Crippen molar-refractivity contribution in [2.75, 3.05) is 23.3 Å². The number of rotatable bonds is 4. The van der Waals surface area contributed by atoms with Crippen molar-refractivity contribution in [1.29, 1.82) is 5.26 Å². The highest BCUT2D eigenvalue weighted by Gasteiger charge is 2.19. The molecule has 0 unspecified atom stereocenters. The van der Waals surface area contributed by atoms with E-state index < -0.39 is 0 Å². The number of aliphatic hydroxyl groups is 1. The summed E-state index contributed by atoms with van der Waals surface area (Å²) in [6.07, 6.45) is 5.62. The van der Waals surface area contributed by atoms with Crippen molar-refractivity contribution >= 4 is 23.4 Å². The second-order valence-electron chi connectivity index (χ2n) is 5.90. The number of carbonyl (C=O) groups excluding carboxylic acids is 1. The molecule has 2 heterocycles. The molecule has 1 amide bonds. The molecule has 0 aliphatic carbocycles. The lowest BCUT2D eigenvalue weighted by molar-refractivity contribution is -0.111. The fourth-order valence-electron chi connectivity index (χ4n) is 2.81. The molecule has 1 aromatic carbocycles. The average Bonchev–Trinajstić information content (AvgIpc) is 3.14. The number of benzene rings is 1. The van der Waals surface area contributed by atoms with E-state index >= 15 is 0 Å². The van der Waals surface area contributed by atoms with Crippen molar-refractivity contribution < 1.29 is 14.3 Å². The fourth-order valence-corrected chi connectivity index (χ4v) is 2.81. The van der Waals surface area contributed by atoms with Crippen LogP contribution in [0.5, 0.6) is 0 Å². The average molecular weight is 337 g/mol. The van der Waals surface area contributed by atoms with Gasteiger partial charge in [-0.15, -0.1) is 0 Å². The normalized spacial score (nSPS) is 15.3. The number of nitrogens with zero attached hydrogens (tertiary/aromatic N) is 2. The number of anilines is 2. The summed E-state index contributed by atoms with van der Waals surface area (Å²) in [5, 5.41) is 21.8. The SMILES string of the molecule is N#Cc1cc(NC(=O)/C=C/c2ccco2)ccc1N1CCC(O)CC1.